The highest BCUT2D eigenvalue weighted by atomic mass is 19.4. The predicted molar refractivity (Wildman–Crippen MR) is 119 cm³/mol. The zero-order valence-corrected chi connectivity index (χ0v) is 20.0. The first kappa shape index (κ1) is 25.5. The van der Waals surface area contributed by atoms with E-state index in [0.717, 1.165) is 49.1 Å². The van der Waals surface area contributed by atoms with E-state index in [0.29, 0.717) is 24.4 Å². The van der Waals surface area contributed by atoms with E-state index in [-0.39, 0.29) is 11.4 Å². The molecule has 3 aromatic rings. The number of nitrogens with zero attached hydrogens (tertiary/aromatic N) is 5. The average Bonchev–Trinajstić information content (AvgIpc) is 3.53. The summed E-state index contributed by atoms with van der Waals surface area (Å²) in [7, 11) is 2.11. The molecule has 1 spiro atoms. The number of amides is 1. The van der Waals surface area contributed by atoms with Gasteiger partial charge >= 0.3 is 12.1 Å². The van der Waals surface area contributed by atoms with Crippen molar-refractivity contribution in [2.45, 2.75) is 44.9 Å². The molecule has 0 atom stereocenters. The quantitative estimate of drug-likeness (QED) is 0.558. The molecule has 194 valence electrons. The van der Waals surface area contributed by atoms with E-state index >= 15 is 0 Å². The van der Waals surface area contributed by atoms with Gasteiger partial charge in [-0.25, -0.2) is 4.79 Å². The second-order valence-electron chi connectivity index (χ2n) is 9.07. The smallest absolute Gasteiger partial charge is 0.475 e. The lowest BCUT2D eigenvalue weighted by atomic mass is 9.84. The Hall–Kier alpha value is -3.61. The van der Waals surface area contributed by atoms with E-state index in [1.54, 1.807) is 6.26 Å². The van der Waals surface area contributed by atoms with E-state index < -0.39 is 12.1 Å². The molecule has 36 heavy (non-hydrogen) atoms. The van der Waals surface area contributed by atoms with Gasteiger partial charge in [0.15, 0.2) is 11.6 Å². The minimum atomic E-state index is -5.08. The van der Waals surface area contributed by atoms with Crippen LogP contribution in [-0.4, -0.2) is 74.4 Å². The molecule has 10 nitrogen and oxygen atoms in total. The minimum absolute atomic E-state index is 0.0496. The first-order chi connectivity index (χ1) is 16.9. The molecule has 2 aliphatic rings. The molecule has 0 saturated carbocycles. The number of fused-ring (bicyclic) bond motifs is 2. The van der Waals surface area contributed by atoms with Crippen LogP contribution in [0.3, 0.4) is 0 Å². The number of piperidine rings is 1. The molecule has 13 heteroatoms. The molecule has 2 aliphatic heterocycles. The molecule has 1 fully saturated rings. The topological polar surface area (TPSA) is 118 Å². The van der Waals surface area contributed by atoms with Gasteiger partial charge in [-0.3, -0.25) is 14.3 Å². The number of carbonyl (C=O) groups is 2. The largest absolute Gasteiger partial charge is 0.490 e. The fraction of sp³-hybridized carbons (Fsp3) is 0.478. The van der Waals surface area contributed by atoms with Gasteiger partial charge in [0, 0.05) is 19.6 Å². The van der Waals surface area contributed by atoms with Crippen LogP contribution in [-0.2, 0) is 16.9 Å². The number of carboxylic acid groups (broad SMARTS) is 1. The third kappa shape index (κ3) is 4.87. The van der Waals surface area contributed by atoms with E-state index in [2.05, 4.69) is 26.7 Å². The lowest BCUT2D eigenvalue weighted by Gasteiger charge is -2.48. The number of hydrogen-bond donors (Lipinski definition) is 1. The summed E-state index contributed by atoms with van der Waals surface area (Å²) < 4.78 is 45.2. The Morgan fingerprint density at radius 2 is 1.83 bits per heavy atom. The molecule has 3 aromatic heterocycles. The number of aryl methyl sites for hydroxylation is 2. The van der Waals surface area contributed by atoms with Gasteiger partial charge in [-0.1, -0.05) is 0 Å². The van der Waals surface area contributed by atoms with Crippen molar-refractivity contribution in [3.05, 3.63) is 47.4 Å². The summed E-state index contributed by atoms with van der Waals surface area (Å²) in [5.41, 5.74) is 0.520. The number of furan rings is 2. The van der Waals surface area contributed by atoms with Crippen molar-refractivity contribution in [2.75, 3.05) is 26.7 Å². The summed E-state index contributed by atoms with van der Waals surface area (Å²) >= 11 is 0. The summed E-state index contributed by atoms with van der Waals surface area (Å²) in [6, 6.07) is 5.63. The van der Waals surface area contributed by atoms with Gasteiger partial charge in [-0.15, -0.1) is 10.2 Å². The van der Waals surface area contributed by atoms with Crippen LogP contribution in [0.25, 0.3) is 11.6 Å². The summed E-state index contributed by atoms with van der Waals surface area (Å²) in [6.45, 7) is 6.75. The highest BCUT2D eigenvalue weighted by Gasteiger charge is 2.45. The number of hydrogen-bond acceptors (Lipinski definition) is 7. The molecular formula is C23H26F3N5O5. The van der Waals surface area contributed by atoms with Crippen molar-refractivity contribution in [3.63, 3.8) is 0 Å². The average molecular weight is 509 g/mol. The van der Waals surface area contributed by atoms with Gasteiger partial charge in [0.2, 0.25) is 0 Å². The second-order valence-corrected chi connectivity index (χ2v) is 9.07. The SMILES string of the molecule is Cc1cc(C(=O)N2CCC3(CC2)CN(C)Cc2nnc(-c4ccco4)n23)c(C)o1.O=C(O)C(F)(F)F. The molecule has 0 radical (unpaired) electrons. The Morgan fingerprint density at radius 1 is 1.17 bits per heavy atom. The minimum Gasteiger partial charge on any atom is -0.475 e. The molecule has 1 saturated heterocycles. The maximum atomic E-state index is 13.0. The van der Waals surface area contributed by atoms with E-state index in [9.17, 15) is 18.0 Å². The van der Waals surface area contributed by atoms with Crippen LogP contribution in [0.2, 0.25) is 0 Å². The number of carboxylic acids is 1. The van der Waals surface area contributed by atoms with E-state index in [4.69, 9.17) is 18.7 Å². The third-order valence-corrected chi connectivity index (χ3v) is 6.42. The fourth-order valence-corrected chi connectivity index (χ4v) is 4.87. The van der Waals surface area contributed by atoms with Crippen LogP contribution < -0.4 is 0 Å². The third-order valence-electron chi connectivity index (χ3n) is 6.42. The van der Waals surface area contributed by atoms with Crippen LogP contribution in [0.1, 0.15) is 40.5 Å². The molecule has 1 amide bonds. The number of aliphatic carboxylic acids is 1. The Bertz CT molecular complexity index is 1240. The number of carbonyl (C=O) groups excluding carboxylic acids is 1. The second kappa shape index (κ2) is 9.45. The van der Waals surface area contributed by atoms with Gasteiger partial charge in [0.25, 0.3) is 5.91 Å². The lowest BCUT2D eigenvalue weighted by molar-refractivity contribution is -0.192. The van der Waals surface area contributed by atoms with Gasteiger partial charge in [0.05, 0.1) is 23.9 Å². The summed E-state index contributed by atoms with van der Waals surface area (Å²) in [6.07, 6.45) is -1.73. The molecule has 5 rings (SSSR count). The lowest BCUT2D eigenvalue weighted by Crippen LogP contribution is -2.56. The first-order valence-corrected chi connectivity index (χ1v) is 11.2. The Kier molecular flexibility index (Phi) is 6.69. The number of likely N-dealkylation sites (N-methyl/N-ethyl adjacent to an activating group) is 1. The van der Waals surface area contributed by atoms with Gasteiger partial charge in [0.1, 0.15) is 17.3 Å². The zero-order valence-electron chi connectivity index (χ0n) is 20.0. The summed E-state index contributed by atoms with van der Waals surface area (Å²) in [4.78, 5) is 26.2. The number of halogens is 3. The number of rotatable bonds is 2. The fourth-order valence-electron chi connectivity index (χ4n) is 4.87. The van der Waals surface area contributed by atoms with Crippen LogP contribution in [0.5, 0.6) is 0 Å². The summed E-state index contributed by atoms with van der Waals surface area (Å²) in [5, 5.41) is 16.0. The van der Waals surface area contributed by atoms with E-state index in [1.165, 1.54) is 0 Å². The van der Waals surface area contributed by atoms with Gasteiger partial charge in [-0.2, -0.15) is 13.2 Å². The standard InChI is InChI=1S/C21H25N5O3.C2HF3O2/c1-14-11-16(15(2)29-14)20(27)25-8-6-21(7-9-25)13-24(3)12-18-22-23-19(26(18)21)17-5-4-10-28-17;3-2(4,5)1(6)7/h4-5,10-11H,6-9,12-13H2,1-3H3;(H,6,7). The van der Waals surface area contributed by atoms with Gasteiger partial charge in [-0.05, 0) is 51.9 Å². The van der Waals surface area contributed by atoms with Gasteiger partial charge < -0.3 is 18.8 Å². The Morgan fingerprint density at radius 3 is 2.36 bits per heavy atom. The number of alkyl halides is 3. The van der Waals surface area contributed by atoms with Crippen LogP contribution in [0, 0.1) is 13.8 Å². The van der Waals surface area contributed by atoms with Crippen molar-refractivity contribution in [1.82, 2.24) is 24.6 Å². The van der Waals surface area contributed by atoms with Crippen molar-refractivity contribution < 1.29 is 36.7 Å². The van der Waals surface area contributed by atoms with Crippen molar-refractivity contribution in [1.29, 1.82) is 0 Å². The molecule has 1 N–H and O–H groups in total. The summed E-state index contributed by atoms with van der Waals surface area (Å²) in [5.74, 6) is 1.21. The highest BCUT2D eigenvalue weighted by molar-refractivity contribution is 5.95. The number of aromatic nitrogens is 3. The molecule has 5 heterocycles. The number of likely N-dealkylation sites (tertiary alicyclic amines) is 1. The van der Waals surface area contributed by atoms with Crippen LogP contribution in [0.4, 0.5) is 13.2 Å². The highest BCUT2D eigenvalue weighted by Crippen LogP contribution is 2.39. The van der Waals surface area contributed by atoms with Crippen LogP contribution >= 0.6 is 0 Å². The Balaban J connectivity index is 0.000000384. The molecule has 0 bridgehead atoms. The maximum Gasteiger partial charge on any atom is 0.490 e. The molecule has 0 aromatic carbocycles. The zero-order chi connectivity index (χ0) is 26.3. The molecular weight excluding hydrogens is 483 g/mol. The molecule has 0 unspecified atom stereocenters. The normalized spacial score (nSPS) is 17.4. The van der Waals surface area contributed by atoms with Crippen molar-refractivity contribution >= 4 is 11.9 Å². The van der Waals surface area contributed by atoms with Crippen molar-refractivity contribution in [3.8, 4) is 11.6 Å². The van der Waals surface area contributed by atoms with Crippen molar-refractivity contribution in [2.24, 2.45) is 0 Å². The molecule has 0 aliphatic carbocycles. The monoisotopic (exact) mass is 509 g/mol. The first-order valence-electron chi connectivity index (χ1n) is 11.2. The maximum absolute atomic E-state index is 13.0. The predicted octanol–water partition coefficient (Wildman–Crippen LogP) is 3.46. The van der Waals surface area contributed by atoms with E-state index in [1.807, 2.05) is 36.9 Å². The van der Waals surface area contributed by atoms with Crippen LogP contribution in [0.15, 0.2) is 33.3 Å². The Labute approximate surface area is 204 Å².